The van der Waals surface area contributed by atoms with Gasteiger partial charge in [0.05, 0.1) is 25.9 Å². The molecule has 0 aromatic heterocycles. The lowest BCUT2D eigenvalue weighted by atomic mass is 9.92. The Balaban J connectivity index is 2.04. The molecule has 5 nitrogen and oxygen atoms in total. The number of methoxy groups -OCH3 is 2. The number of nitrogens with zero attached hydrogens (tertiary/aromatic N) is 1. The van der Waals surface area contributed by atoms with Gasteiger partial charge >= 0.3 is 0 Å². The smallest absolute Gasteiger partial charge is 0.293 e. The van der Waals surface area contributed by atoms with Crippen LogP contribution in [-0.4, -0.2) is 27.3 Å². The molecule has 3 aromatic rings. The summed E-state index contributed by atoms with van der Waals surface area (Å²) in [6.45, 7) is 2.57. The number of carbonyl (C=O) groups is 1. The highest BCUT2D eigenvalue weighted by Gasteiger charge is 2.11. The van der Waals surface area contributed by atoms with Crippen LogP contribution >= 0.6 is 0 Å². The first-order valence-corrected chi connectivity index (χ1v) is 9.70. The summed E-state index contributed by atoms with van der Waals surface area (Å²) in [4.78, 5) is 10.4. The van der Waals surface area contributed by atoms with Crippen molar-refractivity contribution in [2.45, 2.75) is 6.92 Å². The van der Waals surface area contributed by atoms with E-state index in [2.05, 4.69) is 6.07 Å². The molecular formula is C26H23NO4. The molecule has 0 amide bonds. The first kappa shape index (κ1) is 21.7. The summed E-state index contributed by atoms with van der Waals surface area (Å²) < 4.78 is 15.4. The lowest BCUT2D eigenvalue weighted by Gasteiger charge is -2.13. The minimum atomic E-state index is 0.180. The molecule has 0 unspecified atom stereocenters. The zero-order chi connectivity index (χ0) is 22.2. The van der Waals surface area contributed by atoms with E-state index in [4.69, 9.17) is 14.2 Å². The lowest BCUT2D eigenvalue weighted by molar-refractivity contribution is -0.127. The van der Waals surface area contributed by atoms with Crippen molar-refractivity contribution in [2.75, 3.05) is 20.8 Å². The van der Waals surface area contributed by atoms with Crippen molar-refractivity contribution >= 4 is 12.5 Å². The molecule has 0 fully saturated rings. The molecular weight excluding hydrogens is 390 g/mol. The molecule has 0 aliphatic rings. The van der Waals surface area contributed by atoms with Crippen molar-refractivity contribution in [2.24, 2.45) is 0 Å². The molecule has 0 aliphatic heterocycles. The molecule has 156 valence electrons. The predicted octanol–water partition coefficient (Wildman–Crippen LogP) is 5.40. The molecule has 0 bridgehead atoms. The second kappa shape index (κ2) is 10.1. The van der Waals surface area contributed by atoms with Crippen molar-refractivity contribution in [1.82, 2.24) is 0 Å². The summed E-state index contributed by atoms with van der Waals surface area (Å²) in [6, 6.07) is 19.8. The van der Waals surface area contributed by atoms with Crippen molar-refractivity contribution in [1.29, 1.82) is 5.26 Å². The number of aryl methyl sites for hydroxylation is 1. The average Bonchev–Trinajstić information content (AvgIpc) is 2.81. The Morgan fingerprint density at radius 2 is 1.68 bits per heavy atom. The summed E-state index contributed by atoms with van der Waals surface area (Å²) in [5.41, 5.74) is 6.15. The van der Waals surface area contributed by atoms with E-state index in [1.165, 1.54) is 0 Å². The molecule has 0 spiro atoms. The van der Waals surface area contributed by atoms with E-state index < -0.39 is 0 Å². The van der Waals surface area contributed by atoms with Gasteiger partial charge in [0, 0.05) is 0 Å². The van der Waals surface area contributed by atoms with Crippen molar-refractivity contribution in [3.8, 4) is 39.8 Å². The third-order valence-electron chi connectivity index (χ3n) is 4.97. The lowest BCUT2D eigenvalue weighted by Crippen LogP contribution is -1.92. The van der Waals surface area contributed by atoms with Gasteiger partial charge in [-0.1, -0.05) is 30.3 Å². The number of hydrogen-bond acceptors (Lipinski definition) is 5. The molecule has 0 saturated carbocycles. The highest BCUT2D eigenvalue weighted by Crippen LogP contribution is 2.34. The van der Waals surface area contributed by atoms with Crippen LogP contribution in [0.4, 0.5) is 0 Å². The number of nitriles is 1. The van der Waals surface area contributed by atoms with Crippen LogP contribution in [-0.2, 0) is 9.53 Å². The second-order valence-electron chi connectivity index (χ2n) is 6.84. The van der Waals surface area contributed by atoms with E-state index in [1.807, 2.05) is 67.6 Å². The quantitative estimate of drug-likeness (QED) is 0.365. The van der Waals surface area contributed by atoms with Crippen LogP contribution in [0.15, 0.2) is 60.7 Å². The minimum Gasteiger partial charge on any atom is -0.497 e. The first-order valence-electron chi connectivity index (χ1n) is 9.70. The Labute approximate surface area is 182 Å². The van der Waals surface area contributed by atoms with Crippen LogP contribution in [0.5, 0.6) is 11.5 Å². The van der Waals surface area contributed by atoms with Crippen LogP contribution in [0.3, 0.4) is 0 Å². The average molecular weight is 413 g/mol. The van der Waals surface area contributed by atoms with Gasteiger partial charge in [0.15, 0.2) is 0 Å². The summed E-state index contributed by atoms with van der Waals surface area (Å²) in [6.07, 6.45) is 3.63. The van der Waals surface area contributed by atoms with E-state index in [9.17, 15) is 10.1 Å². The van der Waals surface area contributed by atoms with Crippen molar-refractivity contribution < 1.29 is 19.0 Å². The molecule has 0 aliphatic carbocycles. The molecule has 0 radical (unpaired) electrons. The number of hydrogen-bond donors (Lipinski definition) is 0. The first-order chi connectivity index (χ1) is 15.1. The van der Waals surface area contributed by atoms with E-state index in [-0.39, 0.29) is 6.61 Å². The zero-order valence-corrected chi connectivity index (χ0v) is 17.7. The number of carbonyl (C=O) groups excluding carboxylic acids is 1. The Morgan fingerprint density at radius 1 is 0.935 bits per heavy atom. The van der Waals surface area contributed by atoms with Gasteiger partial charge in [0.25, 0.3) is 6.47 Å². The maximum atomic E-state index is 10.4. The Hall–Kier alpha value is -4.04. The molecule has 5 heteroatoms. The zero-order valence-electron chi connectivity index (χ0n) is 17.7. The molecule has 0 saturated heterocycles. The van der Waals surface area contributed by atoms with Gasteiger partial charge in [-0.2, -0.15) is 5.26 Å². The molecule has 0 heterocycles. The third-order valence-corrected chi connectivity index (χ3v) is 4.97. The second-order valence-corrected chi connectivity index (χ2v) is 6.84. The van der Waals surface area contributed by atoms with Gasteiger partial charge in [-0.3, -0.25) is 4.79 Å². The molecule has 3 aromatic carbocycles. The fraction of sp³-hybridized carbons (Fsp3) is 0.154. The summed E-state index contributed by atoms with van der Waals surface area (Å²) in [7, 11) is 3.25. The number of ether oxygens (including phenoxy) is 3. The minimum absolute atomic E-state index is 0.180. The van der Waals surface area contributed by atoms with Gasteiger partial charge in [0.1, 0.15) is 18.1 Å². The van der Waals surface area contributed by atoms with E-state index in [1.54, 1.807) is 20.3 Å². The van der Waals surface area contributed by atoms with E-state index in [0.717, 1.165) is 39.1 Å². The van der Waals surface area contributed by atoms with Gasteiger partial charge in [-0.05, 0) is 76.7 Å². The largest absolute Gasteiger partial charge is 0.497 e. The van der Waals surface area contributed by atoms with Crippen LogP contribution in [0.2, 0.25) is 0 Å². The SMILES string of the molecule is COc1ccc(-c2ccc(-c3ccc(OC)c(C)c3)c(C#N)c2)c(/C=C/COC=O)c1. The van der Waals surface area contributed by atoms with E-state index in [0.29, 0.717) is 17.8 Å². The fourth-order valence-electron chi connectivity index (χ4n) is 3.44. The van der Waals surface area contributed by atoms with Crippen molar-refractivity contribution in [3.05, 3.63) is 77.4 Å². The van der Waals surface area contributed by atoms with Crippen LogP contribution in [0, 0.1) is 18.3 Å². The highest BCUT2D eigenvalue weighted by atomic mass is 16.5. The van der Waals surface area contributed by atoms with E-state index >= 15 is 0 Å². The molecule has 0 atom stereocenters. The Kier molecular flexibility index (Phi) is 7.08. The van der Waals surface area contributed by atoms with Crippen LogP contribution in [0.1, 0.15) is 16.7 Å². The standard InChI is InChI=1S/C26H23NO4/c1-18-13-20(7-11-26(18)30-3)25-9-6-21(14-22(25)16-27)24-10-8-23(29-2)15-19(24)5-4-12-31-17-28/h4-11,13-15,17H,12H2,1-3H3/b5-4+. The Bertz CT molecular complexity index is 1160. The number of rotatable bonds is 8. The third kappa shape index (κ3) is 4.93. The normalized spacial score (nSPS) is 10.5. The van der Waals surface area contributed by atoms with Crippen LogP contribution in [0.25, 0.3) is 28.3 Å². The fourth-order valence-corrected chi connectivity index (χ4v) is 3.44. The summed E-state index contributed by atoms with van der Waals surface area (Å²) in [5, 5.41) is 9.81. The number of benzene rings is 3. The van der Waals surface area contributed by atoms with Crippen LogP contribution < -0.4 is 9.47 Å². The van der Waals surface area contributed by atoms with Gasteiger partial charge in [-0.25, -0.2) is 0 Å². The van der Waals surface area contributed by atoms with Gasteiger partial charge in [0.2, 0.25) is 0 Å². The van der Waals surface area contributed by atoms with Crippen molar-refractivity contribution in [3.63, 3.8) is 0 Å². The maximum absolute atomic E-state index is 10.4. The maximum Gasteiger partial charge on any atom is 0.293 e. The molecule has 3 rings (SSSR count). The predicted molar refractivity (Wildman–Crippen MR) is 121 cm³/mol. The topological polar surface area (TPSA) is 68.6 Å². The molecule has 0 N–H and O–H groups in total. The monoisotopic (exact) mass is 413 g/mol. The summed E-state index contributed by atoms with van der Waals surface area (Å²) >= 11 is 0. The highest BCUT2D eigenvalue weighted by molar-refractivity contribution is 5.81. The van der Waals surface area contributed by atoms with Gasteiger partial charge in [-0.15, -0.1) is 0 Å². The molecule has 31 heavy (non-hydrogen) atoms. The summed E-state index contributed by atoms with van der Waals surface area (Å²) in [5.74, 6) is 1.53. The van der Waals surface area contributed by atoms with Gasteiger partial charge < -0.3 is 14.2 Å². The Morgan fingerprint density at radius 3 is 2.35 bits per heavy atom.